The SMILES string of the molecule is Cc1csc(CN2CCOC(C(N)=NO)C2)n1. The van der Waals surface area contributed by atoms with Crippen molar-refractivity contribution in [1.29, 1.82) is 0 Å². The van der Waals surface area contributed by atoms with Gasteiger partial charge in [0.05, 0.1) is 13.2 Å². The first-order valence-electron chi connectivity index (χ1n) is 5.41. The summed E-state index contributed by atoms with van der Waals surface area (Å²) in [6.07, 6.45) is -0.324. The average molecular weight is 256 g/mol. The topological polar surface area (TPSA) is 84.0 Å². The Labute approximate surface area is 104 Å². The quantitative estimate of drug-likeness (QED) is 0.354. The molecule has 1 aromatic rings. The van der Waals surface area contributed by atoms with Gasteiger partial charge in [0.1, 0.15) is 11.1 Å². The molecule has 1 atom stereocenters. The van der Waals surface area contributed by atoms with Crippen molar-refractivity contribution in [3.63, 3.8) is 0 Å². The summed E-state index contributed by atoms with van der Waals surface area (Å²) in [5.74, 6) is 0.130. The lowest BCUT2D eigenvalue weighted by Gasteiger charge is -2.31. The fraction of sp³-hybridized carbons (Fsp3) is 0.600. The van der Waals surface area contributed by atoms with Crippen molar-refractivity contribution in [2.75, 3.05) is 19.7 Å². The van der Waals surface area contributed by atoms with Crippen LogP contribution in [0.25, 0.3) is 0 Å². The molecule has 3 N–H and O–H groups in total. The van der Waals surface area contributed by atoms with Crippen LogP contribution in [0.2, 0.25) is 0 Å². The van der Waals surface area contributed by atoms with Gasteiger partial charge in [-0.25, -0.2) is 4.98 Å². The highest BCUT2D eigenvalue weighted by Gasteiger charge is 2.24. The van der Waals surface area contributed by atoms with E-state index in [0.717, 1.165) is 23.8 Å². The highest BCUT2D eigenvalue weighted by Crippen LogP contribution is 2.14. The van der Waals surface area contributed by atoms with Gasteiger partial charge in [-0.05, 0) is 6.92 Å². The van der Waals surface area contributed by atoms with Crippen molar-refractivity contribution in [2.45, 2.75) is 19.6 Å². The first kappa shape index (κ1) is 12.3. The van der Waals surface area contributed by atoms with Crippen molar-refractivity contribution in [2.24, 2.45) is 10.9 Å². The second kappa shape index (κ2) is 5.44. The van der Waals surface area contributed by atoms with Gasteiger partial charge in [-0.15, -0.1) is 11.3 Å². The maximum absolute atomic E-state index is 8.62. The molecule has 0 saturated carbocycles. The molecule has 6 nitrogen and oxygen atoms in total. The van der Waals surface area contributed by atoms with Crippen LogP contribution < -0.4 is 5.73 Å². The molecule has 2 rings (SSSR count). The van der Waals surface area contributed by atoms with E-state index in [0.29, 0.717) is 13.2 Å². The fourth-order valence-corrected chi connectivity index (χ4v) is 2.57. The summed E-state index contributed by atoms with van der Waals surface area (Å²) in [4.78, 5) is 6.62. The summed E-state index contributed by atoms with van der Waals surface area (Å²) in [6.45, 7) is 4.84. The molecule has 1 saturated heterocycles. The van der Waals surface area contributed by atoms with Gasteiger partial charge in [-0.3, -0.25) is 4.90 Å². The normalized spacial score (nSPS) is 22.9. The molecule has 0 amide bonds. The van der Waals surface area contributed by atoms with E-state index in [9.17, 15) is 0 Å². The second-order valence-electron chi connectivity index (χ2n) is 4.00. The summed E-state index contributed by atoms with van der Waals surface area (Å²) in [5.41, 5.74) is 6.59. The monoisotopic (exact) mass is 256 g/mol. The molecule has 1 aromatic heterocycles. The minimum Gasteiger partial charge on any atom is -0.409 e. The fourth-order valence-electron chi connectivity index (χ4n) is 1.76. The van der Waals surface area contributed by atoms with Gasteiger partial charge >= 0.3 is 0 Å². The van der Waals surface area contributed by atoms with Crippen LogP contribution in [0.15, 0.2) is 10.5 Å². The lowest BCUT2D eigenvalue weighted by molar-refractivity contribution is 0.00139. The minimum atomic E-state index is -0.324. The molecule has 17 heavy (non-hydrogen) atoms. The zero-order valence-corrected chi connectivity index (χ0v) is 10.5. The molecule has 0 aliphatic carbocycles. The van der Waals surface area contributed by atoms with E-state index in [1.54, 1.807) is 11.3 Å². The molecule has 94 valence electrons. The van der Waals surface area contributed by atoms with Crippen LogP contribution in [0.1, 0.15) is 10.7 Å². The lowest BCUT2D eigenvalue weighted by Crippen LogP contribution is -2.48. The van der Waals surface area contributed by atoms with Crippen molar-refractivity contribution in [1.82, 2.24) is 9.88 Å². The zero-order chi connectivity index (χ0) is 12.3. The van der Waals surface area contributed by atoms with E-state index < -0.39 is 0 Å². The largest absolute Gasteiger partial charge is 0.409 e. The average Bonchev–Trinajstić information content (AvgIpc) is 2.74. The smallest absolute Gasteiger partial charge is 0.169 e. The van der Waals surface area contributed by atoms with E-state index in [2.05, 4.69) is 15.0 Å². The number of hydrogen-bond acceptors (Lipinski definition) is 6. The Morgan fingerprint density at radius 3 is 3.29 bits per heavy atom. The van der Waals surface area contributed by atoms with Gasteiger partial charge in [-0.1, -0.05) is 5.16 Å². The molecule has 1 fully saturated rings. The molecular formula is C10H16N4O2S. The Bertz CT molecular complexity index is 407. The van der Waals surface area contributed by atoms with Crippen LogP contribution in [-0.2, 0) is 11.3 Å². The minimum absolute atomic E-state index is 0.130. The molecule has 1 unspecified atom stereocenters. The molecule has 1 aliphatic rings. The molecular weight excluding hydrogens is 240 g/mol. The summed E-state index contributed by atoms with van der Waals surface area (Å²) in [6, 6.07) is 0. The predicted octanol–water partition coefficient (Wildman–Crippen LogP) is 0.399. The van der Waals surface area contributed by atoms with E-state index in [1.165, 1.54) is 0 Å². The third-order valence-corrected chi connectivity index (χ3v) is 3.57. The van der Waals surface area contributed by atoms with Gasteiger partial charge in [-0.2, -0.15) is 0 Å². The summed E-state index contributed by atoms with van der Waals surface area (Å²) >= 11 is 1.65. The van der Waals surface area contributed by atoms with Crippen LogP contribution >= 0.6 is 11.3 Å². The number of morpholine rings is 1. The standard InChI is InChI=1S/C10H16N4O2S/c1-7-6-17-9(12-7)5-14-2-3-16-8(4-14)10(11)13-15/h6,8,15H,2-5H2,1H3,(H2,11,13). The Morgan fingerprint density at radius 1 is 1.82 bits per heavy atom. The number of aryl methyl sites for hydroxylation is 1. The predicted molar refractivity (Wildman–Crippen MR) is 65.3 cm³/mol. The van der Waals surface area contributed by atoms with E-state index >= 15 is 0 Å². The van der Waals surface area contributed by atoms with Crippen LogP contribution in [0.4, 0.5) is 0 Å². The van der Waals surface area contributed by atoms with Crippen molar-refractivity contribution < 1.29 is 9.94 Å². The maximum Gasteiger partial charge on any atom is 0.169 e. The third kappa shape index (κ3) is 3.15. The van der Waals surface area contributed by atoms with E-state index in [1.807, 2.05) is 12.3 Å². The molecule has 0 bridgehead atoms. The van der Waals surface area contributed by atoms with Crippen molar-refractivity contribution in [3.8, 4) is 0 Å². The van der Waals surface area contributed by atoms with Crippen LogP contribution in [0.5, 0.6) is 0 Å². The number of oxime groups is 1. The molecule has 2 heterocycles. The Morgan fingerprint density at radius 2 is 2.65 bits per heavy atom. The molecule has 7 heteroatoms. The summed E-state index contributed by atoms with van der Waals surface area (Å²) < 4.78 is 5.43. The second-order valence-corrected chi connectivity index (χ2v) is 4.94. The van der Waals surface area contributed by atoms with Gasteiger partial charge in [0.2, 0.25) is 0 Å². The van der Waals surface area contributed by atoms with Crippen molar-refractivity contribution in [3.05, 3.63) is 16.1 Å². The number of aromatic nitrogens is 1. The number of nitrogens with zero attached hydrogens (tertiary/aromatic N) is 3. The zero-order valence-electron chi connectivity index (χ0n) is 9.67. The van der Waals surface area contributed by atoms with Crippen molar-refractivity contribution >= 4 is 17.2 Å². The van der Waals surface area contributed by atoms with Crippen LogP contribution in [-0.4, -0.2) is 46.7 Å². The highest BCUT2D eigenvalue weighted by atomic mass is 32.1. The van der Waals surface area contributed by atoms with Gasteiger partial charge < -0.3 is 15.7 Å². The first-order valence-corrected chi connectivity index (χ1v) is 6.29. The molecule has 0 aromatic carbocycles. The Hall–Kier alpha value is -1.18. The summed E-state index contributed by atoms with van der Waals surface area (Å²) in [7, 11) is 0. The first-order chi connectivity index (χ1) is 8.19. The Kier molecular flexibility index (Phi) is 3.93. The van der Waals surface area contributed by atoms with Crippen LogP contribution in [0, 0.1) is 6.92 Å². The third-order valence-electron chi connectivity index (χ3n) is 2.62. The van der Waals surface area contributed by atoms with Gasteiger partial charge in [0, 0.05) is 24.2 Å². The van der Waals surface area contributed by atoms with E-state index in [-0.39, 0.29) is 11.9 Å². The van der Waals surface area contributed by atoms with Crippen LogP contribution in [0.3, 0.4) is 0 Å². The van der Waals surface area contributed by atoms with E-state index in [4.69, 9.17) is 15.7 Å². The molecule has 0 spiro atoms. The number of rotatable bonds is 3. The molecule has 1 aliphatic heterocycles. The number of hydrogen-bond donors (Lipinski definition) is 2. The lowest BCUT2D eigenvalue weighted by atomic mass is 10.2. The number of ether oxygens (including phenoxy) is 1. The number of thiazole rings is 1. The molecule has 0 radical (unpaired) electrons. The van der Waals surface area contributed by atoms with Gasteiger partial charge in [0.25, 0.3) is 0 Å². The Balaban J connectivity index is 1.93. The highest BCUT2D eigenvalue weighted by molar-refractivity contribution is 7.09. The summed E-state index contributed by atoms with van der Waals surface area (Å²) in [5, 5.41) is 14.7. The number of amidine groups is 1. The number of nitrogens with two attached hydrogens (primary N) is 1. The van der Waals surface area contributed by atoms with Gasteiger partial charge in [0.15, 0.2) is 5.84 Å². The maximum atomic E-state index is 8.62.